The third kappa shape index (κ3) is 3.41. The molecule has 0 radical (unpaired) electrons. The zero-order valence-corrected chi connectivity index (χ0v) is 17.0. The average molecular weight is 396 g/mol. The Balaban J connectivity index is 1.54. The van der Waals surface area contributed by atoms with E-state index in [1.165, 1.54) is 19.3 Å². The molecule has 154 valence electrons. The van der Waals surface area contributed by atoms with E-state index in [2.05, 4.69) is 28.9 Å². The monoisotopic (exact) mass is 395 g/mol. The molecule has 3 heterocycles. The highest BCUT2D eigenvalue weighted by atomic mass is 16.7. The minimum Gasteiger partial charge on any atom is -0.381 e. The molecule has 2 N–H and O–H groups in total. The topological polar surface area (TPSA) is 81.1 Å². The largest absolute Gasteiger partial charge is 0.381 e. The van der Waals surface area contributed by atoms with Gasteiger partial charge in [0.15, 0.2) is 5.65 Å². The molecule has 5 rings (SSSR count). The van der Waals surface area contributed by atoms with Crippen molar-refractivity contribution >= 4 is 28.2 Å². The van der Waals surface area contributed by atoms with Crippen LogP contribution in [0.15, 0.2) is 18.5 Å². The first-order chi connectivity index (χ1) is 14.2. The minimum absolute atomic E-state index is 0.190. The number of hydroxylamine groups is 1. The van der Waals surface area contributed by atoms with Gasteiger partial charge in [0.25, 0.3) is 0 Å². The predicted octanol–water partition coefficient (Wildman–Crippen LogP) is 3.95. The van der Waals surface area contributed by atoms with Crippen LogP contribution in [0.3, 0.4) is 0 Å². The van der Waals surface area contributed by atoms with Gasteiger partial charge >= 0.3 is 0 Å². The maximum absolute atomic E-state index is 11.7. The molecule has 2 aromatic heterocycles. The molecule has 2 aliphatic carbocycles. The summed E-state index contributed by atoms with van der Waals surface area (Å²) in [5.41, 5.74) is 6.95. The lowest BCUT2D eigenvalue weighted by atomic mass is 9.84. The Labute approximate surface area is 170 Å². The van der Waals surface area contributed by atoms with Crippen molar-refractivity contribution < 1.29 is 9.63 Å². The standard InChI is InChI=1S/C22H29N5O2/c1-2-27-21-18(14-24-27)20(25-15-6-8-16(28)9-7-15)17(13-23-21)19-12-22(29-26-19)10-4-3-5-11-22/h12-15,26H,2-11H2,1H3,(H,23,25). The van der Waals surface area contributed by atoms with E-state index in [-0.39, 0.29) is 11.6 Å². The SMILES string of the molecule is CCn1ncc2c(NC3CCC(=O)CC3)c(C3=CC4(CCCCC4)ON3)cnc21. The fourth-order valence-corrected chi connectivity index (χ4v) is 4.91. The van der Waals surface area contributed by atoms with Gasteiger partial charge in [-0.2, -0.15) is 5.10 Å². The molecule has 0 amide bonds. The number of pyridine rings is 1. The molecule has 7 heteroatoms. The minimum atomic E-state index is -0.190. The van der Waals surface area contributed by atoms with Gasteiger partial charge in [0.1, 0.15) is 11.4 Å². The van der Waals surface area contributed by atoms with Crippen molar-refractivity contribution in [2.75, 3.05) is 5.32 Å². The summed E-state index contributed by atoms with van der Waals surface area (Å²) in [5.74, 6) is 0.370. The zero-order valence-electron chi connectivity index (χ0n) is 17.0. The van der Waals surface area contributed by atoms with Gasteiger partial charge in [0.2, 0.25) is 0 Å². The van der Waals surface area contributed by atoms with Gasteiger partial charge < -0.3 is 5.32 Å². The van der Waals surface area contributed by atoms with Crippen LogP contribution >= 0.6 is 0 Å². The van der Waals surface area contributed by atoms with Crippen LogP contribution in [0.5, 0.6) is 0 Å². The van der Waals surface area contributed by atoms with E-state index in [1.54, 1.807) is 0 Å². The van der Waals surface area contributed by atoms with Crippen LogP contribution in [0.4, 0.5) is 5.69 Å². The molecule has 0 aromatic carbocycles. The van der Waals surface area contributed by atoms with Gasteiger partial charge in [-0.25, -0.2) is 9.67 Å². The number of anilines is 1. The fourth-order valence-electron chi connectivity index (χ4n) is 4.91. The number of hydrogen-bond acceptors (Lipinski definition) is 6. The Hall–Kier alpha value is -2.41. The van der Waals surface area contributed by atoms with Gasteiger partial charge in [-0.05, 0) is 38.7 Å². The maximum atomic E-state index is 11.7. The summed E-state index contributed by atoms with van der Waals surface area (Å²) in [6.07, 6.45) is 14.9. The number of Topliss-reactive ketones (excluding diaryl/α,β-unsaturated/α-hetero) is 1. The van der Waals surface area contributed by atoms with Crippen LogP contribution in [0.2, 0.25) is 0 Å². The van der Waals surface area contributed by atoms with Crippen LogP contribution < -0.4 is 10.8 Å². The molecule has 0 bridgehead atoms. The summed E-state index contributed by atoms with van der Waals surface area (Å²) in [4.78, 5) is 22.5. The van der Waals surface area contributed by atoms with Gasteiger partial charge in [-0.15, -0.1) is 0 Å². The van der Waals surface area contributed by atoms with Crippen LogP contribution in [0.25, 0.3) is 16.7 Å². The number of carbonyl (C=O) groups excluding carboxylic acids is 1. The van der Waals surface area contributed by atoms with Gasteiger partial charge in [-0.3, -0.25) is 15.1 Å². The van der Waals surface area contributed by atoms with Crippen molar-refractivity contribution in [3.8, 4) is 0 Å². The first kappa shape index (κ1) is 18.6. The van der Waals surface area contributed by atoms with Gasteiger partial charge in [0, 0.05) is 37.2 Å². The molecule has 0 atom stereocenters. The van der Waals surface area contributed by atoms with Crippen molar-refractivity contribution in [1.82, 2.24) is 20.2 Å². The van der Waals surface area contributed by atoms with E-state index in [0.717, 1.165) is 60.2 Å². The molecule has 0 unspecified atom stereocenters. The lowest BCUT2D eigenvalue weighted by molar-refractivity contribution is -0.120. The van der Waals surface area contributed by atoms with Crippen molar-refractivity contribution in [3.63, 3.8) is 0 Å². The molecule has 1 aliphatic heterocycles. The summed E-state index contributed by atoms with van der Waals surface area (Å²) in [5, 5.41) is 9.28. The van der Waals surface area contributed by atoms with Crippen LogP contribution in [0.1, 0.15) is 70.3 Å². The number of rotatable bonds is 4. The second-order valence-corrected chi connectivity index (χ2v) is 8.59. The smallest absolute Gasteiger partial charge is 0.159 e. The molecule has 1 spiro atoms. The molecule has 7 nitrogen and oxygen atoms in total. The molecule has 0 saturated heterocycles. The van der Waals surface area contributed by atoms with E-state index in [9.17, 15) is 4.79 Å². The van der Waals surface area contributed by atoms with Gasteiger partial charge in [0.05, 0.1) is 23.0 Å². The average Bonchev–Trinajstić information content (AvgIpc) is 3.35. The highest BCUT2D eigenvalue weighted by molar-refractivity contribution is 5.96. The number of ketones is 1. The predicted molar refractivity (Wildman–Crippen MR) is 112 cm³/mol. The van der Waals surface area contributed by atoms with E-state index in [4.69, 9.17) is 9.82 Å². The Morgan fingerprint density at radius 2 is 2.03 bits per heavy atom. The number of fused-ring (bicyclic) bond motifs is 1. The van der Waals surface area contributed by atoms with Gasteiger partial charge in [-0.1, -0.05) is 19.3 Å². The summed E-state index contributed by atoms with van der Waals surface area (Å²) in [6.45, 7) is 2.85. The summed E-state index contributed by atoms with van der Waals surface area (Å²) < 4.78 is 1.92. The van der Waals surface area contributed by atoms with Crippen LogP contribution in [-0.2, 0) is 16.2 Å². The molecule has 2 aromatic rings. The first-order valence-electron chi connectivity index (χ1n) is 11.0. The lowest BCUT2D eigenvalue weighted by Crippen LogP contribution is -2.31. The third-order valence-electron chi connectivity index (χ3n) is 6.62. The Bertz CT molecular complexity index is 948. The van der Waals surface area contributed by atoms with Crippen LogP contribution in [-0.4, -0.2) is 32.2 Å². The number of aromatic nitrogens is 3. The Kier molecular flexibility index (Phi) is 4.78. The molecular weight excluding hydrogens is 366 g/mol. The van der Waals surface area contributed by atoms with Crippen molar-refractivity contribution in [2.45, 2.75) is 82.9 Å². The van der Waals surface area contributed by atoms with Crippen molar-refractivity contribution in [2.24, 2.45) is 0 Å². The van der Waals surface area contributed by atoms with E-state index in [0.29, 0.717) is 18.6 Å². The quantitative estimate of drug-likeness (QED) is 0.816. The molecule has 3 aliphatic rings. The van der Waals surface area contributed by atoms with Crippen LogP contribution in [0, 0.1) is 0 Å². The van der Waals surface area contributed by atoms with E-state index < -0.39 is 0 Å². The zero-order chi connectivity index (χ0) is 19.8. The normalized spacial score (nSPS) is 22.1. The lowest BCUT2D eigenvalue weighted by Gasteiger charge is -2.29. The Morgan fingerprint density at radius 3 is 2.79 bits per heavy atom. The number of hydrogen-bond donors (Lipinski definition) is 2. The first-order valence-corrected chi connectivity index (χ1v) is 11.0. The second-order valence-electron chi connectivity index (χ2n) is 8.59. The van der Waals surface area contributed by atoms with Crippen molar-refractivity contribution in [3.05, 3.63) is 24.0 Å². The maximum Gasteiger partial charge on any atom is 0.159 e. The summed E-state index contributed by atoms with van der Waals surface area (Å²) >= 11 is 0. The number of nitrogens with one attached hydrogen (secondary N) is 2. The second kappa shape index (κ2) is 7.44. The van der Waals surface area contributed by atoms with E-state index >= 15 is 0 Å². The highest BCUT2D eigenvalue weighted by Crippen LogP contribution is 2.40. The number of aryl methyl sites for hydroxylation is 1. The molecule has 29 heavy (non-hydrogen) atoms. The third-order valence-corrected chi connectivity index (χ3v) is 6.62. The molecule has 2 fully saturated rings. The number of nitrogens with zero attached hydrogens (tertiary/aromatic N) is 3. The summed E-state index contributed by atoms with van der Waals surface area (Å²) in [6, 6.07) is 0.286. The highest BCUT2D eigenvalue weighted by Gasteiger charge is 2.37. The fraction of sp³-hybridized carbons (Fsp3) is 0.591. The Morgan fingerprint density at radius 1 is 1.24 bits per heavy atom. The van der Waals surface area contributed by atoms with Crippen molar-refractivity contribution in [1.29, 1.82) is 0 Å². The number of carbonyl (C=O) groups is 1. The molecule has 2 saturated carbocycles. The summed E-state index contributed by atoms with van der Waals surface area (Å²) in [7, 11) is 0. The molecular formula is C22H29N5O2. The van der Waals surface area contributed by atoms with E-state index in [1.807, 2.05) is 17.1 Å².